The van der Waals surface area contributed by atoms with E-state index in [0.717, 1.165) is 27.9 Å². The van der Waals surface area contributed by atoms with Gasteiger partial charge in [0.1, 0.15) is 24.0 Å². The summed E-state index contributed by atoms with van der Waals surface area (Å²) in [6.07, 6.45) is -0.649. The molecule has 0 bridgehead atoms. The van der Waals surface area contributed by atoms with Crippen molar-refractivity contribution in [3.8, 4) is 5.75 Å². The van der Waals surface area contributed by atoms with Crippen LogP contribution in [0.5, 0.6) is 5.75 Å². The molecule has 1 atom stereocenters. The van der Waals surface area contributed by atoms with Crippen LogP contribution < -0.4 is 4.74 Å². The first-order chi connectivity index (χ1) is 10.6. The SMILES string of the molecule is Cc1cccc(C)c1OC[C@@H](O)Cn1nnc2ccccc21. The Morgan fingerprint density at radius 1 is 1.09 bits per heavy atom. The van der Waals surface area contributed by atoms with E-state index in [1.165, 1.54) is 0 Å². The van der Waals surface area contributed by atoms with Gasteiger partial charge in [-0.15, -0.1) is 5.10 Å². The molecule has 0 radical (unpaired) electrons. The monoisotopic (exact) mass is 297 g/mol. The third-order valence-corrected chi connectivity index (χ3v) is 3.63. The molecule has 0 amide bonds. The molecule has 0 saturated heterocycles. The lowest BCUT2D eigenvalue weighted by atomic mass is 10.1. The molecule has 22 heavy (non-hydrogen) atoms. The average Bonchev–Trinajstić information content (AvgIpc) is 2.90. The summed E-state index contributed by atoms with van der Waals surface area (Å²) < 4.78 is 7.48. The molecule has 1 aromatic heterocycles. The smallest absolute Gasteiger partial charge is 0.125 e. The van der Waals surface area contributed by atoms with Crippen LogP contribution in [0.1, 0.15) is 11.1 Å². The van der Waals surface area contributed by atoms with Gasteiger partial charge in [-0.1, -0.05) is 35.5 Å². The van der Waals surface area contributed by atoms with Crippen molar-refractivity contribution in [1.82, 2.24) is 15.0 Å². The Hall–Kier alpha value is -2.40. The number of aliphatic hydroxyl groups is 1. The minimum Gasteiger partial charge on any atom is -0.490 e. The van der Waals surface area contributed by atoms with Gasteiger partial charge in [0.2, 0.25) is 0 Å². The molecule has 0 unspecified atom stereocenters. The van der Waals surface area contributed by atoms with E-state index >= 15 is 0 Å². The molecule has 0 aliphatic rings. The lowest BCUT2D eigenvalue weighted by molar-refractivity contribution is 0.0893. The fraction of sp³-hybridized carbons (Fsp3) is 0.294. The van der Waals surface area contributed by atoms with E-state index in [4.69, 9.17) is 4.74 Å². The molecule has 3 rings (SSSR count). The predicted octanol–water partition coefficient (Wildman–Crippen LogP) is 2.49. The second-order valence-electron chi connectivity index (χ2n) is 5.45. The summed E-state index contributed by atoms with van der Waals surface area (Å²) in [7, 11) is 0. The highest BCUT2D eigenvalue weighted by molar-refractivity contribution is 5.73. The molecule has 0 saturated carbocycles. The van der Waals surface area contributed by atoms with Crippen LogP contribution in [0.4, 0.5) is 0 Å². The van der Waals surface area contributed by atoms with Crippen molar-refractivity contribution >= 4 is 11.0 Å². The largest absolute Gasteiger partial charge is 0.490 e. The number of benzene rings is 2. The Morgan fingerprint density at radius 2 is 1.82 bits per heavy atom. The highest BCUT2D eigenvalue weighted by Crippen LogP contribution is 2.22. The number of ether oxygens (including phenoxy) is 1. The molecule has 0 aliphatic carbocycles. The second-order valence-corrected chi connectivity index (χ2v) is 5.45. The number of rotatable bonds is 5. The van der Waals surface area contributed by atoms with Crippen molar-refractivity contribution in [2.75, 3.05) is 6.61 Å². The van der Waals surface area contributed by atoms with Crippen LogP contribution in [0.25, 0.3) is 11.0 Å². The number of aromatic nitrogens is 3. The van der Waals surface area contributed by atoms with Crippen molar-refractivity contribution < 1.29 is 9.84 Å². The van der Waals surface area contributed by atoms with Gasteiger partial charge in [0, 0.05) is 0 Å². The number of nitrogens with zero attached hydrogens (tertiary/aromatic N) is 3. The number of hydrogen-bond acceptors (Lipinski definition) is 4. The van der Waals surface area contributed by atoms with E-state index in [-0.39, 0.29) is 6.61 Å². The molecule has 3 aromatic rings. The number of fused-ring (bicyclic) bond motifs is 1. The maximum absolute atomic E-state index is 10.2. The topological polar surface area (TPSA) is 60.2 Å². The molecule has 114 valence electrons. The van der Waals surface area contributed by atoms with Crippen LogP contribution in [0, 0.1) is 13.8 Å². The maximum Gasteiger partial charge on any atom is 0.125 e. The molecular weight excluding hydrogens is 278 g/mol. The van der Waals surface area contributed by atoms with Crippen LogP contribution in [-0.2, 0) is 6.54 Å². The Morgan fingerprint density at radius 3 is 2.59 bits per heavy atom. The molecule has 5 heteroatoms. The van der Waals surface area contributed by atoms with E-state index in [9.17, 15) is 5.11 Å². The minimum absolute atomic E-state index is 0.222. The number of hydrogen-bond donors (Lipinski definition) is 1. The van der Waals surface area contributed by atoms with Crippen molar-refractivity contribution in [3.05, 3.63) is 53.6 Å². The summed E-state index contributed by atoms with van der Waals surface area (Å²) in [6, 6.07) is 13.7. The normalized spacial score (nSPS) is 12.5. The maximum atomic E-state index is 10.2. The molecule has 0 spiro atoms. The highest BCUT2D eigenvalue weighted by Gasteiger charge is 2.12. The van der Waals surface area contributed by atoms with Crippen molar-refractivity contribution in [2.24, 2.45) is 0 Å². The zero-order valence-corrected chi connectivity index (χ0v) is 12.7. The second kappa shape index (κ2) is 6.15. The van der Waals surface area contributed by atoms with E-state index in [2.05, 4.69) is 10.3 Å². The number of para-hydroxylation sites is 2. The molecule has 0 aliphatic heterocycles. The summed E-state index contributed by atoms with van der Waals surface area (Å²) in [4.78, 5) is 0. The van der Waals surface area contributed by atoms with Crippen LogP contribution >= 0.6 is 0 Å². The molecular formula is C17H19N3O2. The third-order valence-electron chi connectivity index (χ3n) is 3.63. The fourth-order valence-corrected chi connectivity index (χ4v) is 2.51. The van der Waals surface area contributed by atoms with Crippen LogP contribution in [0.15, 0.2) is 42.5 Å². The van der Waals surface area contributed by atoms with E-state index in [0.29, 0.717) is 6.54 Å². The number of aryl methyl sites for hydroxylation is 2. The van der Waals surface area contributed by atoms with Gasteiger partial charge in [-0.2, -0.15) is 0 Å². The Balaban J connectivity index is 1.67. The summed E-state index contributed by atoms with van der Waals surface area (Å²) in [5, 5.41) is 18.4. The van der Waals surface area contributed by atoms with Gasteiger partial charge in [-0.25, -0.2) is 4.68 Å². The number of aliphatic hydroxyl groups excluding tert-OH is 1. The Kier molecular flexibility index (Phi) is 4.06. The molecule has 1 N–H and O–H groups in total. The Labute approximate surface area is 129 Å². The summed E-state index contributed by atoms with van der Waals surface area (Å²) in [6.45, 7) is 4.57. The van der Waals surface area contributed by atoms with Crippen LogP contribution in [0.3, 0.4) is 0 Å². The van der Waals surface area contributed by atoms with Gasteiger partial charge < -0.3 is 9.84 Å². The van der Waals surface area contributed by atoms with Crippen molar-refractivity contribution in [1.29, 1.82) is 0 Å². The molecule has 1 heterocycles. The summed E-state index contributed by atoms with van der Waals surface area (Å²) in [5.41, 5.74) is 3.87. The first-order valence-corrected chi connectivity index (χ1v) is 7.30. The van der Waals surface area contributed by atoms with Gasteiger partial charge in [0.25, 0.3) is 0 Å². The predicted molar refractivity (Wildman–Crippen MR) is 84.9 cm³/mol. The van der Waals surface area contributed by atoms with Gasteiger partial charge >= 0.3 is 0 Å². The first-order valence-electron chi connectivity index (χ1n) is 7.30. The summed E-state index contributed by atoms with van der Waals surface area (Å²) in [5.74, 6) is 0.838. The zero-order chi connectivity index (χ0) is 15.5. The van der Waals surface area contributed by atoms with Crippen LogP contribution in [-0.4, -0.2) is 32.8 Å². The zero-order valence-electron chi connectivity index (χ0n) is 12.7. The average molecular weight is 297 g/mol. The summed E-state index contributed by atoms with van der Waals surface area (Å²) >= 11 is 0. The highest BCUT2D eigenvalue weighted by atomic mass is 16.5. The first kappa shape index (κ1) is 14.5. The van der Waals surface area contributed by atoms with E-state index in [1.807, 2.05) is 56.3 Å². The molecule has 2 aromatic carbocycles. The van der Waals surface area contributed by atoms with Crippen LogP contribution in [0.2, 0.25) is 0 Å². The Bertz CT molecular complexity index is 762. The van der Waals surface area contributed by atoms with E-state index < -0.39 is 6.10 Å². The standard InChI is InChI=1S/C17H19N3O2/c1-12-6-5-7-13(2)17(12)22-11-14(21)10-20-16-9-4-3-8-15(16)18-19-20/h3-9,14,21H,10-11H2,1-2H3/t14-/m0/s1. The van der Waals surface area contributed by atoms with Gasteiger partial charge in [-0.3, -0.25) is 0 Å². The van der Waals surface area contributed by atoms with Gasteiger partial charge in [0.15, 0.2) is 0 Å². The molecule has 0 fully saturated rings. The minimum atomic E-state index is -0.649. The van der Waals surface area contributed by atoms with Crippen molar-refractivity contribution in [2.45, 2.75) is 26.5 Å². The quantitative estimate of drug-likeness (QED) is 0.786. The lowest BCUT2D eigenvalue weighted by Gasteiger charge is -2.15. The lowest BCUT2D eigenvalue weighted by Crippen LogP contribution is -2.24. The fourth-order valence-electron chi connectivity index (χ4n) is 2.51. The third kappa shape index (κ3) is 2.94. The van der Waals surface area contributed by atoms with Gasteiger partial charge in [-0.05, 0) is 37.1 Å². The molecule has 5 nitrogen and oxygen atoms in total. The van der Waals surface area contributed by atoms with Gasteiger partial charge in [0.05, 0.1) is 12.1 Å². The van der Waals surface area contributed by atoms with E-state index in [1.54, 1.807) is 4.68 Å². The van der Waals surface area contributed by atoms with Crippen molar-refractivity contribution in [3.63, 3.8) is 0 Å².